The standard InChI is InChI=1S/C56H40BN2S/c1-56(2,3)40-23-25-41(26-24-40)58-49-32-37-19-11-10-18-36(37)28-43(49)45-33-47-42-20-12-13-21-51(42)60-55(47)54-52(45)57-48-31-39(35-16-8-5-9-17-35)30-46-44-29-38(34-14-6-4-7-15-34)22-27-50(44)59(54)53(46)48/h4-33,58H,1-3H3. The van der Waals surface area contributed by atoms with E-state index in [1.54, 1.807) is 0 Å². The molecule has 2 aromatic heterocycles. The molecule has 1 radical (unpaired) electrons. The van der Waals surface area contributed by atoms with Crippen LogP contribution in [0.3, 0.4) is 0 Å². The van der Waals surface area contributed by atoms with Gasteiger partial charge in [0.1, 0.15) is 0 Å². The van der Waals surface area contributed by atoms with Crippen molar-refractivity contribution >= 4 is 93.7 Å². The number of nitrogens with one attached hydrogen (secondary N) is 1. The average molecular weight is 784 g/mol. The van der Waals surface area contributed by atoms with Gasteiger partial charge in [0.2, 0.25) is 0 Å². The predicted molar refractivity (Wildman–Crippen MR) is 261 cm³/mol. The molecular formula is C56H40BN2S. The molecule has 0 atom stereocenters. The lowest BCUT2D eigenvalue weighted by Gasteiger charge is -2.26. The number of aromatic nitrogens is 1. The van der Waals surface area contributed by atoms with E-state index in [9.17, 15) is 0 Å². The maximum Gasteiger partial charge on any atom is 0.198 e. The van der Waals surface area contributed by atoms with Gasteiger partial charge in [0, 0.05) is 48.7 Å². The Balaban J connectivity index is 1.18. The van der Waals surface area contributed by atoms with Crippen molar-refractivity contribution in [3.8, 4) is 39.1 Å². The van der Waals surface area contributed by atoms with Gasteiger partial charge in [0.25, 0.3) is 0 Å². The topological polar surface area (TPSA) is 17.0 Å². The Hall–Kier alpha value is -6.88. The van der Waals surface area contributed by atoms with E-state index in [0.717, 1.165) is 11.4 Å². The van der Waals surface area contributed by atoms with Gasteiger partial charge in [-0.1, -0.05) is 154 Å². The number of hydrogen-bond donors (Lipinski definition) is 1. The largest absolute Gasteiger partial charge is 0.355 e. The van der Waals surface area contributed by atoms with E-state index in [1.165, 1.54) is 108 Å². The van der Waals surface area contributed by atoms with Gasteiger partial charge in [0.15, 0.2) is 7.28 Å². The normalized spacial score (nSPS) is 12.4. The Kier molecular flexibility index (Phi) is 7.79. The molecule has 0 saturated carbocycles. The highest BCUT2D eigenvalue weighted by molar-refractivity contribution is 7.26. The minimum absolute atomic E-state index is 0.0775. The molecule has 2 nitrogen and oxygen atoms in total. The molecule has 0 aliphatic carbocycles. The zero-order valence-electron chi connectivity index (χ0n) is 33.8. The van der Waals surface area contributed by atoms with Crippen LogP contribution in [0.2, 0.25) is 0 Å². The summed E-state index contributed by atoms with van der Waals surface area (Å²) in [6.45, 7) is 6.81. The highest BCUT2D eigenvalue weighted by Gasteiger charge is 2.30. The van der Waals surface area contributed by atoms with Crippen molar-refractivity contribution in [2.24, 2.45) is 0 Å². The van der Waals surface area contributed by atoms with Crippen LogP contribution in [0.25, 0.3) is 91.8 Å². The molecule has 4 heteroatoms. The van der Waals surface area contributed by atoms with E-state index < -0.39 is 0 Å². The summed E-state index contributed by atoms with van der Waals surface area (Å²) >= 11 is 1.91. The Morgan fingerprint density at radius 3 is 1.93 bits per heavy atom. The fraction of sp³-hybridized carbons (Fsp3) is 0.0714. The number of benzene rings is 9. The smallest absolute Gasteiger partial charge is 0.198 e. The monoisotopic (exact) mass is 783 g/mol. The van der Waals surface area contributed by atoms with Crippen LogP contribution in [0.5, 0.6) is 0 Å². The fourth-order valence-corrected chi connectivity index (χ4v) is 10.7. The molecule has 0 fully saturated rings. The SMILES string of the molecule is CC(C)(C)c1ccc(Nc2cc3ccccc3cc2-c2cc3c(sc4ccccc43)c3c2[B]c2cc(-c4ccccc4)cc4c5cc(-c6ccccc6)ccc5n-3c24)cc1. The van der Waals surface area contributed by atoms with Crippen molar-refractivity contribution in [1.82, 2.24) is 4.57 Å². The van der Waals surface area contributed by atoms with Crippen molar-refractivity contribution < 1.29 is 0 Å². The molecule has 0 saturated heterocycles. The van der Waals surface area contributed by atoms with E-state index in [2.05, 4.69) is 220 Å². The molecule has 12 rings (SSSR count). The number of thiophene rings is 1. The summed E-state index contributed by atoms with van der Waals surface area (Å²) < 4.78 is 5.20. The van der Waals surface area contributed by atoms with Crippen LogP contribution in [-0.2, 0) is 5.41 Å². The quantitative estimate of drug-likeness (QED) is 0.172. The zero-order valence-corrected chi connectivity index (χ0v) is 34.6. The minimum Gasteiger partial charge on any atom is -0.355 e. The van der Waals surface area contributed by atoms with Crippen molar-refractivity contribution in [3.63, 3.8) is 0 Å². The first-order valence-electron chi connectivity index (χ1n) is 20.8. The third-order valence-electron chi connectivity index (χ3n) is 12.5. The van der Waals surface area contributed by atoms with Gasteiger partial charge in [-0.2, -0.15) is 0 Å². The van der Waals surface area contributed by atoms with Gasteiger partial charge in [0.05, 0.1) is 15.9 Å². The summed E-state index contributed by atoms with van der Waals surface area (Å²) in [6.07, 6.45) is 0. The first kappa shape index (κ1) is 35.1. The number of fused-ring (bicyclic) bond motifs is 10. The van der Waals surface area contributed by atoms with E-state index in [4.69, 9.17) is 0 Å². The molecule has 60 heavy (non-hydrogen) atoms. The second kappa shape index (κ2) is 13.3. The molecule has 3 heterocycles. The molecule has 1 N–H and O–H groups in total. The van der Waals surface area contributed by atoms with Gasteiger partial charge in [-0.15, -0.1) is 11.3 Å². The van der Waals surface area contributed by atoms with Gasteiger partial charge < -0.3 is 9.88 Å². The Morgan fingerprint density at radius 2 is 1.18 bits per heavy atom. The second-order valence-electron chi connectivity index (χ2n) is 17.3. The van der Waals surface area contributed by atoms with Crippen LogP contribution >= 0.6 is 11.3 Å². The summed E-state index contributed by atoms with van der Waals surface area (Å²) in [5.74, 6) is 0. The Bertz CT molecular complexity index is 3500. The lowest BCUT2D eigenvalue weighted by molar-refractivity contribution is 0.590. The van der Waals surface area contributed by atoms with Crippen molar-refractivity contribution in [2.75, 3.05) is 5.32 Å². The molecule has 0 spiro atoms. The predicted octanol–water partition coefficient (Wildman–Crippen LogP) is 14.3. The first-order valence-corrected chi connectivity index (χ1v) is 21.6. The highest BCUT2D eigenvalue weighted by atomic mass is 32.1. The number of nitrogens with zero attached hydrogens (tertiary/aromatic N) is 1. The van der Waals surface area contributed by atoms with Crippen molar-refractivity contribution in [1.29, 1.82) is 0 Å². The molecule has 0 bridgehead atoms. The van der Waals surface area contributed by atoms with Crippen LogP contribution in [0.4, 0.5) is 11.4 Å². The summed E-state index contributed by atoms with van der Waals surface area (Å²) in [6, 6.07) is 67.4. The molecule has 0 unspecified atom stereocenters. The second-order valence-corrected chi connectivity index (χ2v) is 18.3. The number of rotatable bonds is 5. The lowest BCUT2D eigenvalue weighted by atomic mass is 9.58. The van der Waals surface area contributed by atoms with Crippen LogP contribution in [0.15, 0.2) is 182 Å². The lowest BCUT2D eigenvalue weighted by Crippen LogP contribution is -2.37. The maximum atomic E-state index is 3.93. The summed E-state index contributed by atoms with van der Waals surface area (Å²) in [5.41, 5.74) is 17.0. The molecule has 0 amide bonds. The maximum absolute atomic E-state index is 3.93. The first-order chi connectivity index (χ1) is 29.4. The fourth-order valence-electron chi connectivity index (χ4n) is 9.51. The van der Waals surface area contributed by atoms with Crippen LogP contribution in [0.1, 0.15) is 26.3 Å². The van der Waals surface area contributed by atoms with E-state index >= 15 is 0 Å². The van der Waals surface area contributed by atoms with Gasteiger partial charge in [-0.25, -0.2) is 0 Å². The highest BCUT2D eigenvalue weighted by Crippen LogP contribution is 2.46. The van der Waals surface area contributed by atoms with Gasteiger partial charge in [-0.3, -0.25) is 0 Å². The molecular weight excluding hydrogens is 744 g/mol. The third-order valence-corrected chi connectivity index (χ3v) is 13.7. The van der Waals surface area contributed by atoms with E-state index in [0.29, 0.717) is 0 Å². The Labute approximate surface area is 354 Å². The molecule has 11 aromatic rings. The molecule has 283 valence electrons. The third kappa shape index (κ3) is 5.55. The van der Waals surface area contributed by atoms with E-state index in [-0.39, 0.29) is 5.41 Å². The van der Waals surface area contributed by atoms with Crippen LogP contribution in [0, 0.1) is 0 Å². The van der Waals surface area contributed by atoms with Crippen LogP contribution < -0.4 is 16.2 Å². The number of anilines is 2. The van der Waals surface area contributed by atoms with Crippen molar-refractivity contribution in [2.45, 2.75) is 26.2 Å². The number of hydrogen-bond acceptors (Lipinski definition) is 2. The summed E-state index contributed by atoms with van der Waals surface area (Å²) in [4.78, 5) is 0. The van der Waals surface area contributed by atoms with Gasteiger partial charge >= 0.3 is 0 Å². The molecule has 1 aliphatic rings. The summed E-state index contributed by atoms with van der Waals surface area (Å²) in [7, 11) is 2.48. The summed E-state index contributed by atoms with van der Waals surface area (Å²) in [5, 5.41) is 11.5. The van der Waals surface area contributed by atoms with Gasteiger partial charge in [-0.05, 0) is 110 Å². The minimum atomic E-state index is 0.0775. The molecule has 9 aromatic carbocycles. The zero-order chi connectivity index (χ0) is 40.1. The van der Waals surface area contributed by atoms with Crippen LogP contribution in [-0.4, -0.2) is 11.8 Å². The average Bonchev–Trinajstić information content (AvgIpc) is 3.82. The van der Waals surface area contributed by atoms with E-state index in [1.807, 2.05) is 11.3 Å². The molecule has 1 aliphatic heterocycles. The van der Waals surface area contributed by atoms with Crippen molar-refractivity contribution in [3.05, 3.63) is 188 Å². The Morgan fingerprint density at radius 1 is 0.517 bits per heavy atom.